The second-order valence-corrected chi connectivity index (χ2v) is 5.29. The van der Waals surface area contributed by atoms with Crippen molar-refractivity contribution in [2.45, 2.75) is 25.7 Å². The van der Waals surface area contributed by atoms with E-state index in [1.54, 1.807) is 6.07 Å². The van der Waals surface area contributed by atoms with Crippen LogP contribution >= 0.6 is 15.9 Å². The van der Waals surface area contributed by atoms with Gasteiger partial charge in [-0.3, -0.25) is 10.1 Å². The molecule has 0 aliphatic carbocycles. The Morgan fingerprint density at radius 1 is 1.44 bits per heavy atom. The average molecular weight is 287 g/mol. The van der Waals surface area contributed by atoms with E-state index in [1.165, 1.54) is 6.07 Å². The number of halogens is 1. The van der Waals surface area contributed by atoms with E-state index in [0.29, 0.717) is 6.54 Å². The summed E-state index contributed by atoms with van der Waals surface area (Å²) in [5, 5.41) is 10.8. The van der Waals surface area contributed by atoms with Crippen molar-refractivity contribution in [2.24, 2.45) is 5.73 Å². The molecule has 0 radical (unpaired) electrons. The lowest BCUT2D eigenvalue weighted by molar-refractivity contribution is -0.385. The van der Waals surface area contributed by atoms with Crippen LogP contribution in [0.3, 0.4) is 0 Å². The molecule has 0 saturated carbocycles. The van der Waals surface area contributed by atoms with Gasteiger partial charge in [-0.1, -0.05) is 29.8 Å². The number of nitrogens with two attached hydrogens (primary N) is 1. The Morgan fingerprint density at radius 3 is 2.56 bits per heavy atom. The summed E-state index contributed by atoms with van der Waals surface area (Å²) in [7, 11) is 0. The fourth-order valence-corrected chi connectivity index (χ4v) is 2.06. The van der Waals surface area contributed by atoms with Crippen LogP contribution in [0.1, 0.15) is 25.8 Å². The molecule has 4 nitrogen and oxygen atoms in total. The number of nitro benzene ring substituents is 1. The van der Waals surface area contributed by atoms with E-state index in [0.717, 1.165) is 16.5 Å². The third kappa shape index (κ3) is 3.02. The molecule has 0 aliphatic rings. The van der Waals surface area contributed by atoms with Crippen LogP contribution in [0.4, 0.5) is 5.69 Å². The van der Waals surface area contributed by atoms with Crippen molar-refractivity contribution in [1.82, 2.24) is 0 Å². The van der Waals surface area contributed by atoms with Gasteiger partial charge in [0.05, 0.1) is 4.92 Å². The van der Waals surface area contributed by atoms with Crippen molar-refractivity contribution in [3.8, 4) is 0 Å². The lowest BCUT2D eigenvalue weighted by Gasteiger charge is -2.24. The van der Waals surface area contributed by atoms with E-state index in [-0.39, 0.29) is 16.0 Å². The molecule has 16 heavy (non-hydrogen) atoms. The summed E-state index contributed by atoms with van der Waals surface area (Å²) in [6, 6.07) is 5.02. The number of hydrogen-bond donors (Lipinski definition) is 1. The minimum atomic E-state index is -0.382. The largest absolute Gasteiger partial charge is 0.330 e. The fraction of sp³-hybridized carbons (Fsp3) is 0.455. The Balaban J connectivity index is 3.19. The minimum absolute atomic E-state index is 0.106. The quantitative estimate of drug-likeness (QED) is 0.683. The molecule has 0 aromatic heterocycles. The van der Waals surface area contributed by atoms with Crippen molar-refractivity contribution in [2.75, 3.05) is 6.54 Å². The number of nitrogens with zero attached hydrogens (tertiary/aromatic N) is 1. The van der Waals surface area contributed by atoms with Crippen molar-refractivity contribution in [1.29, 1.82) is 0 Å². The first-order chi connectivity index (χ1) is 7.36. The molecule has 88 valence electrons. The zero-order chi connectivity index (χ0) is 12.3. The fourth-order valence-electron chi connectivity index (χ4n) is 1.58. The lowest BCUT2D eigenvalue weighted by Crippen LogP contribution is -2.21. The molecule has 5 heteroatoms. The van der Waals surface area contributed by atoms with Gasteiger partial charge >= 0.3 is 0 Å². The molecular formula is C11H15BrN2O2. The van der Waals surface area contributed by atoms with Crippen LogP contribution in [0.5, 0.6) is 0 Å². The SMILES string of the molecule is CC(C)(CCN)c1cc(Br)cc([N+](=O)[O-])c1. The summed E-state index contributed by atoms with van der Waals surface area (Å²) < 4.78 is 0.724. The van der Waals surface area contributed by atoms with Gasteiger partial charge in [0.1, 0.15) is 0 Å². The van der Waals surface area contributed by atoms with Crippen LogP contribution in [0.15, 0.2) is 22.7 Å². The molecule has 0 heterocycles. The first kappa shape index (κ1) is 13.1. The van der Waals surface area contributed by atoms with Crippen LogP contribution in [0.2, 0.25) is 0 Å². The van der Waals surface area contributed by atoms with Gasteiger partial charge in [0.25, 0.3) is 5.69 Å². The zero-order valence-electron chi connectivity index (χ0n) is 9.37. The van der Waals surface area contributed by atoms with Crippen molar-refractivity contribution < 1.29 is 4.92 Å². The summed E-state index contributed by atoms with van der Waals surface area (Å²) in [5.74, 6) is 0. The Morgan fingerprint density at radius 2 is 2.06 bits per heavy atom. The van der Waals surface area contributed by atoms with Gasteiger partial charge in [-0.15, -0.1) is 0 Å². The maximum absolute atomic E-state index is 10.8. The van der Waals surface area contributed by atoms with Crippen molar-refractivity contribution >= 4 is 21.6 Å². The first-order valence-electron chi connectivity index (χ1n) is 5.02. The highest BCUT2D eigenvalue weighted by molar-refractivity contribution is 9.10. The standard InChI is InChI=1S/C11H15BrN2O2/c1-11(2,3-4-13)8-5-9(12)7-10(6-8)14(15)16/h5-7H,3-4,13H2,1-2H3. The van der Waals surface area contributed by atoms with Crippen LogP contribution in [-0.2, 0) is 5.41 Å². The molecule has 0 fully saturated rings. The lowest BCUT2D eigenvalue weighted by atomic mass is 9.81. The monoisotopic (exact) mass is 286 g/mol. The van der Waals surface area contributed by atoms with Crippen LogP contribution in [0, 0.1) is 10.1 Å². The minimum Gasteiger partial charge on any atom is -0.330 e. The number of rotatable bonds is 4. The van der Waals surface area contributed by atoms with E-state index >= 15 is 0 Å². The van der Waals surface area contributed by atoms with Crippen molar-refractivity contribution in [3.63, 3.8) is 0 Å². The van der Waals surface area contributed by atoms with Gasteiger partial charge in [-0.25, -0.2) is 0 Å². The summed E-state index contributed by atoms with van der Waals surface area (Å²) in [4.78, 5) is 10.4. The van der Waals surface area contributed by atoms with E-state index in [1.807, 2.05) is 19.9 Å². The normalized spacial score (nSPS) is 11.5. The molecule has 0 unspecified atom stereocenters. The van der Waals surface area contributed by atoms with Gasteiger partial charge in [0.15, 0.2) is 0 Å². The zero-order valence-corrected chi connectivity index (χ0v) is 11.0. The molecular weight excluding hydrogens is 272 g/mol. The molecule has 0 saturated heterocycles. The highest BCUT2D eigenvalue weighted by Gasteiger charge is 2.22. The molecule has 0 spiro atoms. The second kappa shape index (κ2) is 4.93. The van der Waals surface area contributed by atoms with E-state index in [4.69, 9.17) is 5.73 Å². The third-order valence-corrected chi connectivity index (χ3v) is 3.10. The first-order valence-corrected chi connectivity index (χ1v) is 5.81. The summed E-state index contributed by atoms with van der Waals surface area (Å²) >= 11 is 3.29. The van der Waals surface area contributed by atoms with E-state index in [2.05, 4.69) is 15.9 Å². The van der Waals surface area contributed by atoms with Gasteiger partial charge in [0.2, 0.25) is 0 Å². The maximum Gasteiger partial charge on any atom is 0.270 e. The molecule has 1 aromatic carbocycles. The smallest absolute Gasteiger partial charge is 0.270 e. The predicted octanol–water partition coefficient (Wildman–Crippen LogP) is 2.98. The topological polar surface area (TPSA) is 69.2 Å². The maximum atomic E-state index is 10.8. The highest BCUT2D eigenvalue weighted by Crippen LogP contribution is 2.32. The molecule has 2 N–H and O–H groups in total. The van der Waals surface area contributed by atoms with E-state index in [9.17, 15) is 10.1 Å². The van der Waals surface area contributed by atoms with Crippen molar-refractivity contribution in [3.05, 3.63) is 38.3 Å². The number of hydrogen-bond acceptors (Lipinski definition) is 3. The average Bonchev–Trinajstić information content (AvgIpc) is 2.16. The van der Waals surface area contributed by atoms with E-state index < -0.39 is 0 Å². The van der Waals surface area contributed by atoms with Gasteiger partial charge in [-0.05, 0) is 30.0 Å². The molecule has 0 bridgehead atoms. The summed E-state index contributed by atoms with van der Waals surface area (Å²) in [6.07, 6.45) is 0.792. The number of benzene rings is 1. The van der Waals surface area contributed by atoms with Crippen LogP contribution in [0.25, 0.3) is 0 Å². The summed E-state index contributed by atoms with van der Waals surface area (Å²) in [5.41, 5.74) is 6.43. The Kier molecular flexibility index (Phi) is 4.04. The Labute approximate surface area is 103 Å². The predicted molar refractivity (Wildman–Crippen MR) is 67.5 cm³/mol. The van der Waals surface area contributed by atoms with Crippen LogP contribution < -0.4 is 5.73 Å². The highest BCUT2D eigenvalue weighted by atomic mass is 79.9. The second-order valence-electron chi connectivity index (χ2n) is 4.38. The number of nitro groups is 1. The molecule has 0 amide bonds. The third-order valence-electron chi connectivity index (χ3n) is 2.64. The molecule has 1 aromatic rings. The molecule has 1 rings (SSSR count). The van der Waals surface area contributed by atoms with Crippen LogP contribution in [-0.4, -0.2) is 11.5 Å². The number of non-ortho nitro benzene ring substituents is 1. The van der Waals surface area contributed by atoms with Gasteiger partial charge in [0, 0.05) is 16.6 Å². The molecule has 0 atom stereocenters. The molecule has 0 aliphatic heterocycles. The summed E-state index contributed by atoms with van der Waals surface area (Å²) in [6.45, 7) is 4.63. The Bertz CT molecular complexity index is 405. The van der Waals surface area contributed by atoms with Gasteiger partial charge in [-0.2, -0.15) is 0 Å². The van der Waals surface area contributed by atoms with Gasteiger partial charge < -0.3 is 5.73 Å². The Hall–Kier alpha value is -0.940.